The average Bonchev–Trinajstić information content (AvgIpc) is 2.88. The predicted octanol–water partition coefficient (Wildman–Crippen LogP) is 1.56. The molecule has 0 aliphatic carbocycles. The minimum absolute atomic E-state index is 0.0966. The molecule has 1 saturated heterocycles. The Balaban J connectivity index is 1.87. The van der Waals surface area contributed by atoms with Crippen LogP contribution >= 0.6 is 11.6 Å². The summed E-state index contributed by atoms with van der Waals surface area (Å²) in [6, 6.07) is 5.49. The molecule has 1 aliphatic heterocycles. The minimum atomic E-state index is -0.473. The molecule has 0 radical (unpaired) electrons. The molecule has 0 aromatic heterocycles. The first kappa shape index (κ1) is 14.1. The van der Waals surface area contributed by atoms with Crippen LogP contribution in [0.1, 0.15) is 18.4 Å². The van der Waals surface area contributed by atoms with Gasteiger partial charge in [0.25, 0.3) is 5.91 Å². The molecule has 2 rings (SSSR count). The van der Waals surface area contributed by atoms with Gasteiger partial charge in [-0.05, 0) is 37.5 Å². The lowest BCUT2D eigenvalue weighted by molar-refractivity contribution is -0.132. The van der Waals surface area contributed by atoms with Crippen molar-refractivity contribution in [2.24, 2.45) is 5.84 Å². The highest BCUT2D eigenvalue weighted by molar-refractivity contribution is 6.30. The SMILES string of the molecule is Cc1ccc(Cl)cc1OCC1CCC(C(=O)NN)O1. The van der Waals surface area contributed by atoms with E-state index in [1.807, 2.05) is 19.1 Å². The number of halogens is 1. The van der Waals surface area contributed by atoms with E-state index < -0.39 is 6.10 Å². The van der Waals surface area contributed by atoms with E-state index in [0.29, 0.717) is 18.1 Å². The normalized spacial score (nSPS) is 22.3. The van der Waals surface area contributed by atoms with E-state index >= 15 is 0 Å². The summed E-state index contributed by atoms with van der Waals surface area (Å²) < 4.78 is 11.2. The Kier molecular flexibility index (Phi) is 4.63. The number of carbonyl (C=O) groups is 1. The molecule has 1 aliphatic rings. The van der Waals surface area contributed by atoms with Crippen LogP contribution in [0.3, 0.4) is 0 Å². The predicted molar refractivity (Wildman–Crippen MR) is 71.9 cm³/mol. The van der Waals surface area contributed by atoms with Gasteiger partial charge >= 0.3 is 0 Å². The van der Waals surface area contributed by atoms with Crippen molar-refractivity contribution in [3.05, 3.63) is 28.8 Å². The summed E-state index contributed by atoms with van der Waals surface area (Å²) in [5.74, 6) is 5.52. The third kappa shape index (κ3) is 3.59. The fraction of sp³-hybridized carbons (Fsp3) is 0.462. The number of carbonyl (C=O) groups excluding carboxylic acids is 1. The van der Waals surface area contributed by atoms with Gasteiger partial charge in [0.15, 0.2) is 0 Å². The molecule has 0 bridgehead atoms. The van der Waals surface area contributed by atoms with Crippen LogP contribution in [0.25, 0.3) is 0 Å². The van der Waals surface area contributed by atoms with Gasteiger partial charge in [0.2, 0.25) is 0 Å². The number of hydrogen-bond donors (Lipinski definition) is 2. The van der Waals surface area contributed by atoms with Crippen LogP contribution in [-0.2, 0) is 9.53 Å². The molecule has 5 nitrogen and oxygen atoms in total. The van der Waals surface area contributed by atoms with Gasteiger partial charge in [-0.15, -0.1) is 0 Å². The second kappa shape index (κ2) is 6.23. The molecule has 1 fully saturated rings. The number of amides is 1. The molecule has 1 aromatic rings. The van der Waals surface area contributed by atoms with Crippen LogP contribution in [-0.4, -0.2) is 24.7 Å². The number of benzene rings is 1. The van der Waals surface area contributed by atoms with E-state index in [0.717, 1.165) is 17.7 Å². The van der Waals surface area contributed by atoms with Gasteiger partial charge in [-0.25, -0.2) is 5.84 Å². The Bertz CT molecular complexity index is 467. The molecule has 2 atom stereocenters. The van der Waals surface area contributed by atoms with Crippen LogP contribution in [0.15, 0.2) is 18.2 Å². The van der Waals surface area contributed by atoms with E-state index in [1.165, 1.54) is 0 Å². The van der Waals surface area contributed by atoms with E-state index in [-0.39, 0.29) is 12.0 Å². The Morgan fingerprint density at radius 3 is 3.11 bits per heavy atom. The molecule has 19 heavy (non-hydrogen) atoms. The largest absolute Gasteiger partial charge is 0.491 e. The molecular weight excluding hydrogens is 268 g/mol. The quantitative estimate of drug-likeness (QED) is 0.500. The van der Waals surface area contributed by atoms with Gasteiger partial charge in [-0.3, -0.25) is 10.2 Å². The molecular formula is C13H17ClN2O3. The summed E-state index contributed by atoms with van der Waals surface area (Å²) in [5, 5.41) is 0.633. The number of aryl methyl sites for hydroxylation is 1. The van der Waals surface area contributed by atoms with Gasteiger partial charge in [0.05, 0.1) is 6.10 Å². The number of rotatable bonds is 4. The Morgan fingerprint density at radius 1 is 1.58 bits per heavy atom. The summed E-state index contributed by atoms with van der Waals surface area (Å²) in [5.41, 5.74) is 3.11. The molecule has 6 heteroatoms. The van der Waals surface area contributed by atoms with Gasteiger partial charge in [0.1, 0.15) is 18.5 Å². The van der Waals surface area contributed by atoms with E-state index in [2.05, 4.69) is 5.43 Å². The zero-order chi connectivity index (χ0) is 13.8. The first-order valence-corrected chi connectivity index (χ1v) is 6.53. The first-order chi connectivity index (χ1) is 9.10. The van der Waals surface area contributed by atoms with Crippen molar-refractivity contribution in [1.82, 2.24) is 5.43 Å². The van der Waals surface area contributed by atoms with Crippen LogP contribution in [0.2, 0.25) is 5.02 Å². The summed E-state index contributed by atoms with van der Waals surface area (Å²) in [6.07, 6.45) is 0.864. The van der Waals surface area contributed by atoms with Crippen molar-refractivity contribution in [2.45, 2.75) is 32.0 Å². The van der Waals surface area contributed by atoms with Gasteiger partial charge in [-0.1, -0.05) is 17.7 Å². The lowest BCUT2D eigenvalue weighted by Crippen LogP contribution is -2.39. The lowest BCUT2D eigenvalue weighted by atomic mass is 10.2. The fourth-order valence-corrected chi connectivity index (χ4v) is 2.19. The molecule has 0 saturated carbocycles. The second-order valence-corrected chi connectivity index (χ2v) is 4.99. The number of ether oxygens (including phenoxy) is 2. The monoisotopic (exact) mass is 284 g/mol. The third-order valence-corrected chi connectivity index (χ3v) is 3.35. The fourth-order valence-electron chi connectivity index (χ4n) is 2.03. The average molecular weight is 285 g/mol. The number of nitrogens with two attached hydrogens (primary N) is 1. The van der Waals surface area contributed by atoms with E-state index in [4.69, 9.17) is 26.9 Å². The molecule has 1 heterocycles. The van der Waals surface area contributed by atoms with Gasteiger partial charge in [-0.2, -0.15) is 0 Å². The van der Waals surface area contributed by atoms with Crippen LogP contribution in [0.4, 0.5) is 0 Å². The van der Waals surface area contributed by atoms with Crippen molar-refractivity contribution in [3.8, 4) is 5.75 Å². The van der Waals surface area contributed by atoms with Crippen molar-refractivity contribution >= 4 is 17.5 Å². The second-order valence-electron chi connectivity index (χ2n) is 4.55. The highest BCUT2D eigenvalue weighted by Gasteiger charge is 2.30. The van der Waals surface area contributed by atoms with Crippen molar-refractivity contribution in [2.75, 3.05) is 6.61 Å². The highest BCUT2D eigenvalue weighted by Crippen LogP contribution is 2.25. The molecule has 104 valence electrons. The van der Waals surface area contributed by atoms with Crippen LogP contribution in [0, 0.1) is 6.92 Å². The number of hydrazine groups is 1. The summed E-state index contributed by atoms with van der Waals surface area (Å²) >= 11 is 5.92. The van der Waals surface area contributed by atoms with Crippen LogP contribution in [0.5, 0.6) is 5.75 Å². The number of hydrogen-bond acceptors (Lipinski definition) is 4. The van der Waals surface area contributed by atoms with Crippen molar-refractivity contribution in [3.63, 3.8) is 0 Å². The van der Waals surface area contributed by atoms with Gasteiger partial charge in [0, 0.05) is 5.02 Å². The van der Waals surface area contributed by atoms with Crippen molar-refractivity contribution < 1.29 is 14.3 Å². The Labute approximate surface area is 117 Å². The van der Waals surface area contributed by atoms with E-state index in [9.17, 15) is 4.79 Å². The summed E-state index contributed by atoms with van der Waals surface area (Å²) in [4.78, 5) is 11.3. The van der Waals surface area contributed by atoms with E-state index in [1.54, 1.807) is 6.07 Å². The minimum Gasteiger partial charge on any atom is -0.491 e. The highest BCUT2D eigenvalue weighted by atomic mass is 35.5. The van der Waals surface area contributed by atoms with Crippen molar-refractivity contribution in [1.29, 1.82) is 0 Å². The smallest absolute Gasteiger partial charge is 0.263 e. The lowest BCUT2D eigenvalue weighted by Gasteiger charge is -2.15. The zero-order valence-electron chi connectivity index (χ0n) is 10.7. The first-order valence-electron chi connectivity index (χ1n) is 6.15. The maximum absolute atomic E-state index is 11.3. The molecule has 3 N–H and O–H groups in total. The third-order valence-electron chi connectivity index (χ3n) is 3.12. The molecule has 2 unspecified atom stereocenters. The molecule has 1 aromatic carbocycles. The van der Waals surface area contributed by atoms with Crippen LogP contribution < -0.4 is 16.0 Å². The Hall–Kier alpha value is -1.30. The zero-order valence-corrected chi connectivity index (χ0v) is 11.4. The maximum atomic E-state index is 11.3. The van der Waals surface area contributed by atoms with Gasteiger partial charge < -0.3 is 9.47 Å². The summed E-state index contributed by atoms with van der Waals surface area (Å²) in [6.45, 7) is 2.35. The Morgan fingerprint density at radius 2 is 2.37 bits per heavy atom. The number of nitrogens with one attached hydrogen (secondary N) is 1. The summed E-state index contributed by atoms with van der Waals surface area (Å²) in [7, 11) is 0. The molecule has 1 amide bonds. The topological polar surface area (TPSA) is 73.6 Å². The standard InChI is InChI=1S/C13H17ClN2O3/c1-8-2-3-9(14)6-12(8)18-7-10-4-5-11(19-10)13(17)16-15/h2-3,6,10-11H,4-5,7,15H2,1H3,(H,16,17). The molecule has 0 spiro atoms. The maximum Gasteiger partial charge on any atom is 0.263 e.